The van der Waals surface area contributed by atoms with Crippen molar-refractivity contribution in [3.8, 4) is 5.75 Å². The second-order valence-electron chi connectivity index (χ2n) is 6.61. The Hall–Kier alpha value is -2.04. The zero-order valence-corrected chi connectivity index (χ0v) is 13.4. The standard InChI is InChI=1S/C18H23NO4/c1-23-14-4-2-12(3-5-14)10-13-6-8-19(9-7-13)17(20)15-11-16(15)18(21)22/h2-5,13,15-16H,6-11H2,1H3,(H,21,22). The lowest BCUT2D eigenvalue weighted by Gasteiger charge is -2.32. The number of hydrogen-bond donors (Lipinski definition) is 1. The van der Waals surface area contributed by atoms with E-state index in [2.05, 4.69) is 12.1 Å². The van der Waals surface area contributed by atoms with E-state index in [0.717, 1.165) is 38.1 Å². The lowest BCUT2D eigenvalue weighted by Crippen LogP contribution is -2.40. The normalized spacial score (nSPS) is 24.3. The zero-order chi connectivity index (χ0) is 16.4. The summed E-state index contributed by atoms with van der Waals surface area (Å²) in [7, 11) is 1.66. The van der Waals surface area contributed by atoms with Crippen LogP contribution in [0.3, 0.4) is 0 Å². The number of carbonyl (C=O) groups excluding carboxylic acids is 1. The third-order valence-corrected chi connectivity index (χ3v) is 5.03. The molecule has 0 spiro atoms. The number of piperidine rings is 1. The van der Waals surface area contributed by atoms with Gasteiger partial charge in [-0.2, -0.15) is 0 Å². The molecule has 1 aromatic rings. The van der Waals surface area contributed by atoms with Crippen LogP contribution in [0.5, 0.6) is 5.75 Å². The Labute approximate surface area is 136 Å². The predicted molar refractivity (Wildman–Crippen MR) is 85.2 cm³/mol. The van der Waals surface area contributed by atoms with Crippen molar-refractivity contribution < 1.29 is 19.4 Å². The lowest BCUT2D eigenvalue weighted by molar-refractivity contribution is -0.142. The highest BCUT2D eigenvalue weighted by atomic mass is 16.5. The van der Waals surface area contributed by atoms with Gasteiger partial charge in [-0.15, -0.1) is 0 Å². The van der Waals surface area contributed by atoms with Gasteiger partial charge < -0.3 is 14.7 Å². The van der Waals surface area contributed by atoms with Crippen molar-refractivity contribution in [3.05, 3.63) is 29.8 Å². The highest BCUT2D eigenvalue weighted by Gasteiger charge is 2.50. The van der Waals surface area contributed by atoms with Gasteiger partial charge in [0, 0.05) is 13.1 Å². The molecule has 0 bridgehead atoms. The molecule has 1 aliphatic carbocycles. The number of hydrogen-bond acceptors (Lipinski definition) is 3. The van der Waals surface area contributed by atoms with E-state index in [1.54, 1.807) is 7.11 Å². The quantitative estimate of drug-likeness (QED) is 0.904. The van der Waals surface area contributed by atoms with Crippen LogP contribution in [0.2, 0.25) is 0 Å². The number of methoxy groups -OCH3 is 1. The summed E-state index contributed by atoms with van der Waals surface area (Å²) in [6, 6.07) is 8.15. The first-order valence-electron chi connectivity index (χ1n) is 8.23. The maximum absolute atomic E-state index is 12.3. The van der Waals surface area contributed by atoms with E-state index < -0.39 is 11.9 Å². The first-order valence-corrected chi connectivity index (χ1v) is 8.23. The Balaban J connectivity index is 1.46. The van der Waals surface area contributed by atoms with E-state index in [4.69, 9.17) is 9.84 Å². The first-order chi connectivity index (χ1) is 11.1. The number of ether oxygens (including phenoxy) is 1. The maximum atomic E-state index is 12.3. The predicted octanol–water partition coefficient (Wildman–Crippen LogP) is 2.20. The molecular formula is C18H23NO4. The number of aliphatic carboxylic acids is 1. The highest BCUT2D eigenvalue weighted by Crippen LogP contribution is 2.40. The Kier molecular flexibility index (Phi) is 4.55. The van der Waals surface area contributed by atoms with Gasteiger partial charge >= 0.3 is 5.97 Å². The van der Waals surface area contributed by atoms with Gasteiger partial charge in [-0.1, -0.05) is 12.1 Å². The molecule has 1 saturated carbocycles. The molecule has 1 aliphatic heterocycles. The summed E-state index contributed by atoms with van der Waals surface area (Å²) in [6.07, 6.45) is 3.51. The Morgan fingerprint density at radius 1 is 1.17 bits per heavy atom. The van der Waals surface area contributed by atoms with Crippen LogP contribution in [-0.4, -0.2) is 42.1 Å². The average molecular weight is 317 g/mol. The number of carboxylic acid groups (broad SMARTS) is 1. The van der Waals surface area contributed by atoms with Crippen molar-refractivity contribution in [1.29, 1.82) is 0 Å². The Morgan fingerprint density at radius 3 is 2.35 bits per heavy atom. The minimum absolute atomic E-state index is 0.0419. The molecule has 3 rings (SSSR count). The lowest BCUT2D eigenvalue weighted by atomic mass is 9.90. The summed E-state index contributed by atoms with van der Waals surface area (Å²) in [4.78, 5) is 25.0. The van der Waals surface area contributed by atoms with E-state index in [1.165, 1.54) is 5.56 Å². The fourth-order valence-corrected chi connectivity index (χ4v) is 3.43. The summed E-state index contributed by atoms with van der Waals surface area (Å²) in [5.41, 5.74) is 1.30. The summed E-state index contributed by atoms with van der Waals surface area (Å²) >= 11 is 0. The van der Waals surface area contributed by atoms with Gasteiger partial charge in [-0.25, -0.2) is 0 Å². The van der Waals surface area contributed by atoms with Crippen LogP contribution in [0.25, 0.3) is 0 Å². The van der Waals surface area contributed by atoms with Gasteiger partial charge in [0.25, 0.3) is 0 Å². The second-order valence-corrected chi connectivity index (χ2v) is 6.61. The Morgan fingerprint density at radius 2 is 1.83 bits per heavy atom. The van der Waals surface area contributed by atoms with Crippen LogP contribution in [0.4, 0.5) is 0 Å². The van der Waals surface area contributed by atoms with Crippen molar-refractivity contribution in [2.75, 3.05) is 20.2 Å². The number of carboxylic acids is 1. The van der Waals surface area contributed by atoms with Gasteiger partial charge in [0.1, 0.15) is 5.75 Å². The molecule has 2 aliphatic rings. The molecule has 1 heterocycles. The maximum Gasteiger partial charge on any atom is 0.307 e. The van der Waals surface area contributed by atoms with Crippen molar-refractivity contribution in [3.63, 3.8) is 0 Å². The van der Waals surface area contributed by atoms with E-state index >= 15 is 0 Å². The smallest absolute Gasteiger partial charge is 0.307 e. The molecule has 23 heavy (non-hydrogen) atoms. The Bertz CT molecular complexity index is 575. The van der Waals surface area contributed by atoms with Gasteiger partial charge in [0.05, 0.1) is 18.9 Å². The van der Waals surface area contributed by atoms with Crippen molar-refractivity contribution in [1.82, 2.24) is 4.90 Å². The van der Waals surface area contributed by atoms with E-state index in [9.17, 15) is 9.59 Å². The SMILES string of the molecule is COc1ccc(CC2CCN(C(=O)C3CC3C(=O)O)CC2)cc1. The zero-order valence-electron chi connectivity index (χ0n) is 13.4. The molecule has 0 aromatic heterocycles. The van der Waals surface area contributed by atoms with Crippen LogP contribution >= 0.6 is 0 Å². The van der Waals surface area contributed by atoms with E-state index in [0.29, 0.717) is 12.3 Å². The monoisotopic (exact) mass is 317 g/mol. The number of likely N-dealkylation sites (tertiary alicyclic amines) is 1. The van der Waals surface area contributed by atoms with Gasteiger partial charge in [-0.3, -0.25) is 9.59 Å². The second kappa shape index (κ2) is 6.60. The molecule has 0 radical (unpaired) electrons. The summed E-state index contributed by atoms with van der Waals surface area (Å²) in [5.74, 6) is -0.0586. The summed E-state index contributed by atoms with van der Waals surface area (Å²) in [6.45, 7) is 1.50. The molecule has 1 amide bonds. The third-order valence-electron chi connectivity index (χ3n) is 5.03. The largest absolute Gasteiger partial charge is 0.497 e. The molecule has 5 heteroatoms. The molecule has 5 nitrogen and oxygen atoms in total. The molecule has 1 saturated heterocycles. The van der Waals surface area contributed by atoms with Gasteiger partial charge in [-0.05, 0) is 49.3 Å². The fraction of sp³-hybridized carbons (Fsp3) is 0.556. The number of amides is 1. The van der Waals surface area contributed by atoms with E-state index in [1.807, 2.05) is 17.0 Å². The summed E-state index contributed by atoms with van der Waals surface area (Å²) in [5, 5.41) is 8.93. The van der Waals surface area contributed by atoms with Crippen LogP contribution in [0.1, 0.15) is 24.8 Å². The minimum Gasteiger partial charge on any atom is -0.497 e. The van der Waals surface area contributed by atoms with Gasteiger partial charge in [0.15, 0.2) is 0 Å². The van der Waals surface area contributed by atoms with E-state index in [-0.39, 0.29) is 11.8 Å². The molecule has 2 atom stereocenters. The summed E-state index contributed by atoms with van der Waals surface area (Å²) < 4.78 is 5.17. The van der Waals surface area contributed by atoms with Crippen LogP contribution in [0.15, 0.2) is 24.3 Å². The van der Waals surface area contributed by atoms with Crippen molar-refractivity contribution in [2.24, 2.45) is 17.8 Å². The number of nitrogens with zero attached hydrogens (tertiary/aromatic N) is 1. The highest BCUT2D eigenvalue weighted by molar-refractivity contribution is 5.89. The average Bonchev–Trinajstić information content (AvgIpc) is 3.36. The first kappa shape index (κ1) is 15.8. The number of benzene rings is 1. The molecule has 1 aromatic carbocycles. The van der Waals surface area contributed by atoms with Crippen molar-refractivity contribution >= 4 is 11.9 Å². The van der Waals surface area contributed by atoms with Crippen molar-refractivity contribution in [2.45, 2.75) is 25.7 Å². The number of carbonyl (C=O) groups is 2. The van der Waals surface area contributed by atoms with Crippen LogP contribution in [-0.2, 0) is 16.0 Å². The van der Waals surface area contributed by atoms with Gasteiger partial charge in [0.2, 0.25) is 5.91 Å². The molecule has 124 valence electrons. The molecular weight excluding hydrogens is 294 g/mol. The molecule has 2 fully saturated rings. The van der Waals surface area contributed by atoms with Crippen LogP contribution < -0.4 is 4.74 Å². The van der Waals surface area contributed by atoms with Crippen LogP contribution in [0, 0.1) is 17.8 Å². The molecule has 1 N–H and O–H groups in total. The molecule has 2 unspecified atom stereocenters. The minimum atomic E-state index is -0.835. The third kappa shape index (κ3) is 3.66. The topological polar surface area (TPSA) is 66.8 Å². The number of rotatable bonds is 5. The fourth-order valence-electron chi connectivity index (χ4n) is 3.43.